The molecule has 0 fully saturated rings. The van der Waals surface area contributed by atoms with Gasteiger partial charge < -0.3 is 19.7 Å². The van der Waals surface area contributed by atoms with Gasteiger partial charge in [-0.05, 0) is 58.7 Å². The summed E-state index contributed by atoms with van der Waals surface area (Å²) in [4.78, 5) is 15.5. The van der Waals surface area contributed by atoms with Crippen molar-refractivity contribution in [3.63, 3.8) is 0 Å². The van der Waals surface area contributed by atoms with E-state index in [1.807, 2.05) is 0 Å². The third-order valence-electron chi connectivity index (χ3n) is 9.01. The number of carbonyl (C=O) groups is 1. The average Bonchev–Trinajstić information content (AvgIpc) is 3.01. The van der Waals surface area contributed by atoms with Crippen LogP contribution in [0, 0.1) is 5.92 Å². The molecule has 0 amide bonds. The zero-order valence-electron chi connectivity index (χ0n) is 29.9. The van der Waals surface area contributed by atoms with Gasteiger partial charge in [0.2, 0.25) is 0 Å². The van der Waals surface area contributed by atoms with Gasteiger partial charge in [0.15, 0.2) is 0 Å². The number of nitrogens with zero attached hydrogens (tertiary/aromatic N) is 1. The van der Waals surface area contributed by atoms with Crippen LogP contribution in [0.2, 0.25) is 0 Å². The first-order valence-corrected chi connectivity index (χ1v) is 19.2. The van der Waals surface area contributed by atoms with Gasteiger partial charge in [-0.2, -0.15) is 0 Å². The zero-order chi connectivity index (χ0) is 31.5. The maximum Gasteiger partial charge on any atom is 0.308 e. The van der Waals surface area contributed by atoms with Crippen LogP contribution in [0.15, 0.2) is 0 Å². The summed E-state index contributed by atoms with van der Waals surface area (Å²) >= 11 is 0. The third-order valence-corrected chi connectivity index (χ3v) is 9.01. The number of hydrogen-bond donors (Lipinski definition) is 1. The average molecular weight is 611 g/mol. The molecule has 0 heterocycles. The maximum absolute atomic E-state index is 12.8. The van der Waals surface area contributed by atoms with Crippen LogP contribution in [-0.2, 0) is 14.3 Å². The number of nitrogens with one attached hydrogen (secondary N) is 1. The highest BCUT2D eigenvalue weighted by Crippen LogP contribution is 2.21. The van der Waals surface area contributed by atoms with Crippen molar-refractivity contribution in [3.8, 4) is 0 Å². The summed E-state index contributed by atoms with van der Waals surface area (Å²) < 4.78 is 10.9. The van der Waals surface area contributed by atoms with Gasteiger partial charge in [0, 0.05) is 26.8 Å². The molecule has 0 saturated carbocycles. The highest BCUT2D eigenvalue weighted by Gasteiger charge is 2.19. The van der Waals surface area contributed by atoms with E-state index < -0.39 is 0 Å². The molecule has 0 spiro atoms. The Morgan fingerprint density at radius 3 is 1.47 bits per heavy atom. The molecule has 0 aromatic rings. The number of methoxy groups -OCH3 is 1. The van der Waals surface area contributed by atoms with Gasteiger partial charge in [-0.1, -0.05) is 142 Å². The number of likely N-dealkylation sites (N-methyl/N-ethyl adjacent to an activating group) is 1. The highest BCUT2D eigenvalue weighted by molar-refractivity contribution is 5.72. The lowest BCUT2D eigenvalue weighted by Gasteiger charge is -2.22. The predicted octanol–water partition coefficient (Wildman–Crippen LogP) is 10.5. The predicted molar refractivity (Wildman–Crippen MR) is 188 cm³/mol. The minimum atomic E-state index is 0.0887. The zero-order valence-corrected chi connectivity index (χ0v) is 29.9. The number of esters is 1. The highest BCUT2D eigenvalue weighted by atomic mass is 16.5. The second kappa shape index (κ2) is 35.8. The van der Waals surface area contributed by atoms with Gasteiger partial charge in [0.25, 0.3) is 0 Å². The molecule has 1 N–H and O–H groups in total. The molecule has 5 heteroatoms. The Bertz CT molecular complexity index is 545. The van der Waals surface area contributed by atoms with Gasteiger partial charge in [0.05, 0.1) is 12.5 Å². The molecule has 0 saturated heterocycles. The Morgan fingerprint density at radius 1 is 0.558 bits per heavy atom. The van der Waals surface area contributed by atoms with Gasteiger partial charge in [-0.25, -0.2) is 0 Å². The Hall–Kier alpha value is -0.650. The molecule has 5 nitrogen and oxygen atoms in total. The Labute approximate surface area is 270 Å². The van der Waals surface area contributed by atoms with Gasteiger partial charge in [0.1, 0.15) is 0 Å². The van der Waals surface area contributed by atoms with E-state index in [2.05, 4.69) is 31.1 Å². The van der Waals surface area contributed by atoms with Gasteiger partial charge in [-0.3, -0.25) is 4.79 Å². The topological polar surface area (TPSA) is 50.8 Å². The fourth-order valence-corrected chi connectivity index (χ4v) is 6.05. The van der Waals surface area contributed by atoms with Crippen molar-refractivity contribution in [1.82, 2.24) is 10.2 Å². The lowest BCUT2D eigenvalue weighted by atomic mass is 9.94. The van der Waals surface area contributed by atoms with E-state index in [9.17, 15) is 4.79 Å². The molecule has 0 aliphatic heterocycles. The monoisotopic (exact) mass is 611 g/mol. The summed E-state index contributed by atoms with van der Waals surface area (Å²) in [5.41, 5.74) is 0. The second-order valence-corrected chi connectivity index (χ2v) is 13.2. The number of unbranched alkanes of at least 4 members (excludes halogenated alkanes) is 20. The summed E-state index contributed by atoms with van der Waals surface area (Å²) in [6, 6.07) is 0. The molecular formula is C38H78N2O3. The third kappa shape index (κ3) is 31.1. The van der Waals surface area contributed by atoms with Crippen LogP contribution in [0.4, 0.5) is 0 Å². The molecule has 0 bridgehead atoms. The Balaban J connectivity index is 3.91. The number of hydrogen-bond acceptors (Lipinski definition) is 5. The summed E-state index contributed by atoms with van der Waals surface area (Å²) in [5, 5.41) is 3.33. The lowest BCUT2D eigenvalue weighted by molar-refractivity contribution is -0.149. The first-order chi connectivity index (χ1) is 21.2. The van der Waals surface area contributed by atoms with E-state index in [4.69, 9.17) is 9.47 Å². The fourth-order valence-electron chi connectivity index (χ4n) is 6.05. The molecule has 0 rings (SSSR count). The van der Waals surface area contributed by atoms with Crippen LogP contribution in [-0.4, -0.2) is 64.4 Å². The molecule has 0 aliphatic rings. The van der Waals surface area contributed by atoms with E-state index >= 15 is 0 Å². The van der Waals surface area contributed by atoms with E-state index in [-0.39, 0.29) is 11.9 Å². The minimum absolute atomic E-state index is 0.0887. The molecule has 43 heavy (non-hydrogen) atoms. The SMILES string of the molecule is CCCCCCCCC(CCCCCC)C(=O)OCCCCCCCCCN(CCCCCCCCCOC)CCNC. The summed E-state index contributed by atoms with van der Waals surface area (Å²) in [6.45, 7) is 10.8. The van der Waals surface area contributed by atoms with Gasteiger partial charge >= 0.3 is 5.97 Å². The number of rotatable bonds is 36. The first-order valence-electron chi connectivity index (χ1n) is 19.2. The smallest absolute Gasteiger partial charge is 0.308 e. The van der Waals surface area contributed by atoms with E-state index in [1.54, 1.807) is 7.11 Å². The van der Waals surface area contributed by atoms with Crippen molar-refractivity contribution in [2.45, 2.75) is 181 Å². The maximum atomic E-state index is 12.8. The summed E-state index contributed by atoms with van der Waals surface area (Å²) in [6.07, 6.45) is 32.9. The molecule has 0 aromatic heterocycles. The van der Waals surface area contributed by atoms with Crippen LogP contribution >= 0.6 is 0 Å². The van der Waals surface area contributed by atoms with Crippen LogP contribution in [0.25, 0.3) is 0 Å². The standard InChI is InChI=1S/C38H78N2O3/c1-5-7-9-11-18-24-30-37(29-23-10-8-6-2)38(41)43-36-28-22-17-13-15-20-26-33-40(34-31-39-3)32-25-19-14-12-16-21-27-35-42-4/h37,39H,5-36H2,1-4H3. The van der Waals surface area contributed by atoms with Crippen LogP contribution in [0.3, 0.4) is 0 Å². The van der Waals surface area contributed by atoms with Crippen molar-refractivity contribution >= 4 is 5.97 Å². The normalized spacial score (nSPS) is 12.3. The molecule has 258 valence electrons. The number of carbonyl (C=O) groups excluding carboxylic acids is 1. The molecule has 1 atom stereocenters. The minimum Gasteiger partial charge on any atom is -0.465 e. The second-order valence-electron chi connectivity index (χ2n) is 13.2. The van der Waals surface area contributed by atoms with Crippen LogP contribution in [0.1, 0.15) is 181 Å². The Kier molecular flexibility index (Phi) is 35.3. The summed E-state index contributed by atoms with van der Waals surface area (Å²) in [7, 11) is 3.86. The number of ether oxygens (including phenoxy) is 2. The van der Waals surface area contributed by atoms with E-state index in [0.717, 1.165) is 32.4 Å². The lowest BCUT2D eigenvalue weighted by Crippen LogP contribution is -2.32. The van der Waals surface area contributed by atoms with Crippen LogP contribution < -0.4 is 5.32 Å². The largest absolute Gasteiger partial charge is 0.465 e. The molecule has 1 unspecified atom stereocenters. The molecule has 0 radical (unpaired) electrons. The van der Waals surface area contributed by atoms with Crippen molar-refractivity contribution in [1.29, 1.82) is 0 Å². The quantitative estimate of drug-likeness (QED) is 0.0565. The first kappa shape index (κ1) is 42.3. The Morgan fingerprint density at radius 2 is 0.977 bits per heavy atom. The van der Waals surface area contributed by atoms with Crippen molar-refractivity contribution in [3.05, 3.63) is 0 Å². The molecular weight excluding hydrogens is 532 g/mol. The van der Waals surface area contributed by atoms with Crippen LogP contribution in [0.5, 0.6) is 0 Å². The fraction of sp³-hybridized carbons (Fsp3) is 0.974. The van der Waals surface area contributed by atoms with Gasteiger partial charge in [-0.15, -0.1) is 0 Å². The van der Waals surface area contributed by atoms with Crippen molar-refractivity contribution < 1.29 is 14.3 Å². The van der Waals surface area contributed by atoms with Crippen molar-refractivity contribution in [2.75, 3.05) is 53.6 Å². The molecule has 0 aromatic carbocycles. The van der Waals surface area contributed by atoms with E-state index in [1.165, 1.54) is 167 Å². The van der Waals surface area contributed by atoms with E-state index in [0.29, 0.717) is 6.61 Å². The molecule has 0 aliphatic carbocycles. The summed E-state index contributed by atoms with van der Waals surface area (Å²) in [5.74, 6) is 0.220. The van der Waals surface area contributed by atoms with Crippen molar-refractivity contribution in [2.24, 2.45) is 5.92 Å².